The molecule has 0 saturated carbocycles. The summed E-state index contributed by atoms with van der Waals surface area (Å²) in [7, 11) is 0. The summed E-state index contributed by atoms with van der Waals surface area (Å²) in [5.41, 5.74) is 0. The van der Waals surface area contributed by atoms with Crippen molar-refractivity contribution in [3.8, 4) is 0 Å². The first kappa shape index (κ1) is 7.86. The van der Waals surface area contributed by atoms with Gasteiger partial charge in [0.2, 0.25) is 0 Å². The molecule has 1 aromatic heterocycles. The van der Waals surface area contributed by atoms with Crippen molar-refractivity contribution in [1.82, 2.24) is 0 Å². The Bertz CT molecular complexity index is 189. The van der Waals surface area contributed by atoms with Gasteiger partial charge < -0.3 is 0 Å². The zero-order valence-electron chi connectivity index (χ0n) is 4.33. The summed E-state index contributed by atoms with van der Waals surface area (Å²) in [6, 6.07) is 1.86. The van der Waals surface area contributed by atoms with Gasteiger partial charge in [0, 0.05) is 4.88 Å². The van der Waals surface area contributed by atoms with E-state index < -0.39 is 0 Å². The lowest BCUT2D eigenvalue weighted by atomic mass is 10.5. The van der Waals surface area contributed by atoms with Crippen LogP contribution in [0.1, 0.15) is 4.88 Å². The van der Waals surface area contributed by atoms with Crippen molar-refractivity contribution in [2.45, 2.75) is 5.88 Å². The van der Waals surface area contributed by atoms with Gasteiger partial charge in [-0.25, -0.2) is 0 Å². The van der Waals surface area contributed by atoms with Gasteiger partial charge in [0.05, 0.1) is 14.7 Å². The molecule has 1 aromatic rings. The molecule has 9 heavy (non-hydrogen) atoms. The highest BCUT2D eigenvalue weighted by molar-refractivity contribution is 9.11. The molecule has 0 aliphatic rings. The zero-order chi connectivity index (χ0) is 6.85. The molecule has 0 nitrogen and oxygen atoms in total. The molecule has 0 amide bonds. The van der Waals surface area contributed by atoms with E-state index in [2.05, 4.69) is 15.9 Å². The molecule has 0 aromatic carbocycles. The molecule has 0 N–H and O–H groups in total. The fraction of sp³-hybridized carbons (Fsp3) is 0.200. The first-order valence-electron chi connectivity index (χ1n) is 2.23. The molecule has 0 radical (unpaired) electrons. The first-order chi connectivity index (χ1) is 4.24. The van der Waals surface area contributed by atoms with E-state index in [1.807, 2.05) is 6.07 Å². The van der Waals surface area contributed by atoms with Gasteiger partial charge in [-0.2, -0.15) is 0 Å². The van der Waals surface area contributed by atoms with Gasteiger partial charge >= 0.3 is 0 Å². The number of thiophene rings is 1. The average molecular weight is 246 g/mol. The summed E-state index contributed by atoms with van der Waals surface area (Å²) in [5, 5.41) is 0.746. The number of halogens is 3. The molecule has 0 spiro atoms. The van der Waals surface area contributed by atoms with Crippen molar-refractivity contribution in [3.05, 3.63) is 19.8 Å². The molecule has 1 heterocycles. The van der Waals surface area contributed by atoms with Gasteiger partial charge in [-0.3, -0.25) is 0 Å². The number of hydrogen-bond donors (Lipinski definition) is 0. The summed E-state index contributed by atoms with van der Waals surface area (Å²) in [5.74, 6) is 0.538. The predicted octanol–water partition coefficient (Wildman–Crippen LogP) is 3.90. The van der Waals surface area contributed by atoms with Crippen LogP contribution in [0.5, 0.6) is 0 Å². The van der Waals surface area contributed by atoms with Crippen LogP contribution in [0.4, 0.5) is 0 Å². The zero-order valence-corrected chi connectivity index (χ0v) is 8.24. The van der Waals surface area contributed by atoms with Crippen molar-refractivity contribution in [1.29, 1.82) is 0 Å². The van der Waals surface area contributed by atoms with Crippen LogP contribution in [-0.2, 0) is 5.88 Å². The first-order valence-corrected chi connectivity index (χ1v) is 4.76. The fourth-order valence-corrected chi connectivity index (χ4v) is 2.37. The maximum Gasteiger partial charge on any atom is 0.0887 e. The van der Waals surface area contributed by atoms with Crippen LogP contribution in [-0.4, -0.2) is 0 Å². The van der Waals surface area contributed by atoms with Crippen LogP contribution in [0.25, 0.3) is 0 Å². The molecule has 0 bridgehead atoms. The van der Waals surface area contributed by atoms with E-state index in [1.54, 1.807) is 11.3 Å². The van der Waals surface area contributed by atoms with Crippen molar-refractivity contribution in [2.24, 2.45) is 0 Å². The molecule has 0 aliphatic heterocycles. The van der Waals surface area contributed by atoms with Crippen molar-refractivity contribution in [2.75, 3.05) is 0 Å². The third kappa shape index (κ3) is 1.84. The van der Waals surface area contributed by atoms with Crippen LogP contribution >= 0.6 is 50.5 Å². The summed E-state index contributed by atoms with van der Waals surface area (Å²) >= 11 is 16.1. The topological polar surface area (TPSA) is 0 Å². The smallest absolute Gasteiger partial charge is 0.0887 e. The Balaban J connectivity index is 2.98. The molecule has 0 aliphatic carbocycles. The molecule has 1 rings (SSSR count). The minimum absolute atomic E-state index is 0.538. The maximum absolute atomic E-state index is 5.71. The summed E-state index contributed by atoms with van der Waals surface area (Å²) in [6.07, 6.45) is 0. The van der Waals surface area contributed by atoms with Crippen LogP contribution in [0, 0.1) is 0 Å². The van der Waals surface area contributed by atoms with Crippen molar-refractivity contribution >= 4 is 50.5 Å². The van der Waals surface area contributed by atoms with Crippen LogP contribution in [0.3, 0.4) is 0 Å². The summed E-state index contributed by atoms with van der Waals surface area (Å²) in [6.45, 7) is 0. The minimum atomic E-state index is 0.538. The second-order valence-electron chi connectivity index (χ2n) is 1.47. The highest BCUT2D eigenvalue weighted by Gasteiger charge is 2.01. The fourth-order valence-electron chi connectivity index (χ4n) is 0.457. The molecular weight excluding hydrogens is 243 g/mol. The third-order valence-electron chi connectivity index (χ3n) is 0.828. The van der Waals surface area contributed by atoms with Crippen molar-refractivity contribution in [3.63, 3.8) is 0 Å². The van der Waals surface area contributed by atoms with E-state index in [1.165, 1.54) is 0 Å². The van der Waals surface area contributed by atoms with E-state index in [0.717, 1.165) is 13.7 Å². The van der Waals surface area contributed by atoms with E-state index in [-0.39, 0.29) is 0 Å². The van der Waals surface area contributed by atoms with Crippen LogP contribution in [0.2, 0.25) is 5.02 Å². The molecule has 0 atom stereocenters. The second kappa shape index (κ2) is 3.24. The highest BCUT2D eigenvalue weighted by Crippen LogP contribution is 2.32. The Morgan fingerprint density at radius 2 is 2.33 bits per heavy atom. The lowest BCUT2D eigenvalue weighted by Gasteiger charge is -1.77. The molecular formula is C5H3BrCl2S. The quantitative estimate of drug-likeness (QED) is 0.659. The Morgan fingerprint density at radius 1 is 1.67 bits per heavy atom. The standard InChI is InChI=1S/C5H3BrCl2S/c6-5-4(8)1-3(2-7)9-5/h1H,2H2. The third-order valence-corrected chi connectivity index (χ3v) is 3.75. The predicted molar refractivity (Wildman–Crippen MR) is 46.6 cm³/mol. The monoisotopic (exact) mass is 244 g/mol. The number of rotatable bonds is 1. The van der Waals surface area contributed by atoms with E-state index in [4.69, 9.17) is 23.2 Å². The lowest BCUT2D eigenvalue weighted by molar-refractivity contribution is 1.53. The Kier molecular flexibility index (Phi) is 2.83. The average Bonchev–Trinajstić information content (AvgIpc) is 2.13. The van der Waals surface area contributed by atoms with Gasteiger partial charge in [-0.05, 0) is 22.0 Å². The Morgan fingerprint density at radius 3 is 2.56 bits per heavy atom. The van der Waals surface area contributed by atoms with Gasteiger partial charge in [-0.1, -0.05) is 11.6 Å². The largest absolute Gasteiger partial charge is 0.130 e. The molecule has 0 fully saturated rings. The van der Waals surface area contributed by atoms with E-state index in [0.29, 0.717) is 5.88 Å². The molecule has 4 heteroatoms. The van der Waals surface area contributed by atoms with Gasteiger partial charge in [0.25, 0.3) is 0 Å². The van der Waals surface area contributed by atoms with E-state index in [9.17, 15) is 0 Å². The summed E-state index contributed by atoms with van der Waals surface area (Å²) in [4.78, 5) is 1.09. The van der Waals surface area contributed by atoms with Crippen molar-refractivity contribution < 1.29 is 0 Å². The Hall–Kier alpha value is 0.760. The second-order valence-corrected chi connectivity index (χ2v) is 4.60. The van der Waals surface area contributed by atoms with Gasteiger partial charge in [0.1, 0.15) is 0 Å². The molecule has 50 valence electrons. The molecule has 0 saturated heterocycles. The summed E-state index contributed by atoms with van der Waals surface area (Å²) < 4.78 is 0.958. The minimum Gasteiger partial charge on any atom is -0.130 e. The number of hydrogen-bond acceptors (Lipinski definition) is 1. The Labute approximate surface area is 75.9 Å². The van der Waals surface area contributed by atoms with E-state index >= 15 is 0 Å². The molecule has 0 unspecified atom stereocenters. The van der Waals surface area contributed by atoms with Gasteiger partial charge in [-0.15, -0.1) is 22.9 Å². The lowest BCUT2D eigenvalue weighted by Crippen LogP contribution is -1.59. The normalized spacial score (nSPS) is 10.1. The van der Waals surface area contributed by atoms with Gasteiger partial charge in [0.15, 0.2) is 0 Å². The highest BCUT2D eigenvalue weighted by atomic mass is 79.9. The number of alkyl halides is 1. The van der Waals surface area contributed by atoms with Crippen LogP contribution in [0.15, 0.2) is 9.85 Å². The SMILES string of the molecule is ClCc1cc(Cl)c(Br)s1. The van der Waals surface area contributed by atoms with Crippen LogP contribution < -0.4 is 0 Å². The maximum atomic E-state index is 5.71.